The van der Waals surface area contributed by atoms with Gasteiger partial charge in [-0.1, -0.05) is 64.6 Å². The Morgan fingerprint density at radius 2 is 1.15 bits per heavy atom. The summed E-state index contributed by atoms with van der Waals surface area (Å²) < 4.78 is 0. The predicted molar refractivity (Wildman–Crippen MR) is 139 cm³/mol. The van der Waals surface area contributed by atoms with Crippen LogP contribution < -0.4 is 10.6 Å². The molecule has 0 radical (unpaired) electrons. The number of anilines is 2. The van der Waals surface area contributed by atoms with Crippen molar-refractivity contribution in [2.75, 3.05) is 10.6 Å². The summed E-state index contributed by atoms with van der Waals surface area (Å²) in [5.74, 6) is -0.769. The van der Waals surface area contributed by atoms with Gasteiger partial charge >= 0.3 is 0 Å². The summed E-state index contributed by atoms with van der Waals surface area (Å²) in [4.78, 5) is 24.9. The molecule has 0 unspecified atom stereocenters. The Morgan fingerprint density at radius 1 is 0.667 bits per heavy atom. The van der Waals surface area contributed by atoms with Crippen molar-refractivity contribution in [3.05, 3.63) is 104 Å². The molecule has 4 nitrogen and oxygen atoms in total. The largest absolute Gasteiger partial charge is 0.321 e. The molecule has 0 atom stereocenters. The van der Waals surface area contributed by atoms with Crippen LogP contribution in [0.4, 0.5) is 11.4 Å². The molecule has 0 saturated heterocycles. The molecule has 0 fully saturated rings. The fourth-order valence-corrected chi connectivity index (χ4v) is 3.77. The van der Waals surface area contributed by atoms with Gasteiger partial charge in [0.05, 0.1) is 11.4 Å². The number of benzene rings is 3. The van der Waals surface area contributed by atoms with Gasteiger partial charge in [-0.2, -0.15) is 0 Å². The molecule has 2 N–H and O–H groups in total. The summed E-state index contributed by atoms with van der Waals surface area (Å²) in [5, 5.41) is 7.42. The molecule has 3 aromatic rings. The van der Waals surface area contributed by atoms with Crippen molar-refractivity contribution in [2.45, 2.75) is 6.92 Å². The summed E-state index contributed by atoms with van der Waals surface area (Å²) in [6.07, 6.45) is 5.87. The zero-order chi connectivity index (χ0) is 24.0. The molecule has 8 heteroatoms. The van der Waals surface area contributed by atoms with E-state index in [4.69, 9.17) is 46.4 Å². The lowest BCUT2D eigenvalue weighted by Gasteiger charge is -2.11. The fourth-order valence-electron chi connectivity index (χ4n) is 2.82. The number of nitrogens with one attached hydrogen (secondary N) is 2. The zero-order valence-electron chi connectivity index (χ0n) is 17.3. The van der Waals surface area contributed by atoms with Crippen molar-refractivity contribution in [2.24, 2.45) is 0 Å². The third-order valence-electron chi connectivity index (χ3n) is 4.44. The SMILES string of the molecule is Cc1ccc(NC(=O)/C=C/c2ccc(Cl)cc2Cl)c(NC(=O)/C=C/c2ccc(Cl)cc2Cl)c1. The number of hydrogen-bond donors (Lipinski definition) is 2. The van der Waals surface area contributed by atoms with Crippen molar-refractivity contribution in [1.82, 2.24) is 0 Å². The van der Waals surface area contributed by atoms with Crippen LogP contribution in [0.2, 0.25) is 20.1 Å². The van der Waals surface area contributed by atoms with Crippen LogP contribution in [-0.2, 0) is 9.59 Å². The maximum absolute atomic E-state index is 12.5. The monoisotopic (exact) mass is 518 g/mol. The first-order valence-corrected chi connectivity index (χ1v) is 11.2. The van der Waals surface area contributed by atoms with Crippen LogP contribution in [0.25, 0.3) is 12.2 Å². The van der Waals surface area contributed by atoms with Crippen LogP contribution in [0.1, 0.15) is 16.7 Å². The molecule has 2 amide bonds. The summed E-state index contributed by atoms with van der Waals surface area (Å²) in [7, 11) is 0. The third kappa shape index (κ3) is 7.37. The van der Waals surface area contributed by atoms with E-state index in [9.17, 15) is 9.59 Å². The van der Waals surface area contributed by atoms with E-state index in [1.807, 2.05) is 13.0 Å². The number of halogens is 4. The molecule has 33 heavy (non-hydrogen) atoms. The van der Waals surface area contributed by atoms with Crippen LogP contribution in [0, 0.1) is 6.92 Å². The van der Waals surface area contributed by atoms with Gasteiger partial charge in [0, 0.05) is 32.2 Å². The lowest BCUT2D eigenvalue weighted by atomic mass is 10.1. The van der Waals surface area contributed by atoms with Crippen molar-refractivity contribution in [3.63, 3.8) is 0 Å². The molecule has 0 aromatic heterocycles. The Labute approximate surface area is 211 Å². The molecular formula is C25H18Cl4N2O2. The number of carbonyl (C=O) groups excluding carboxylic acids is 2. The van der Waals surface area contributed by atoms with Gasteiger partial charge < -0.3 is 10.6 Å². The summed E-state index contributed by atoms with van der Waals surface area (Å²) in [5.41, 5.74) is 3.12. The number of carbonyl (C=O) groups is 2. The fraction of sp³-hybridized carbons (Fsp3) is 0.0400. The smallest absolute Gasteiger partial charge is 0.248 e. The van der Waals surface area contributed by atoms with Crippen LogP contribution >= 0.6 is 46.4 Å². The molecule has 0 heterocycles. The zero-order valence-corrected chi connectivity index (χ0v) is 20.4. The first-order valence-electron chi connectivity index (χ1n) is 9.70. The molecule has 3 rings (SSSR count). The molecule has 0 aliphatic carbocycles. The van der Waals surface area contributed by atoms with Crippen molar-refractivity contribution in [1.29, 1.82) is 0 Å². The van der Waals surface area contributed by atoms with Crippen molar-refractivity contribution >= 4 is 81.7 Å². The highest BCUT2D eigenvalue weighted by atomic mass is 35.5. The van der Waals surface area contributed by atoms with Gasteiger partial charge in [0.15, 0.2) is 0 Å². The predicted octanol–water partition coefficient (Wildman–Crippen LogP) is 7.91. The maximum Gasteiger partial charge on any atom is 0.248 e. The lowest BCUT2D eigenvalue weighted by molar-refractivity contribution is -0.112. The minimum absolute atomic E-state index is 0.384. The van der Waals surface area contributed by atoms with Crippen LogP contribution in [0.5, 0.6) is 0 Å². The minimum atomic E-state index is -0.385. The topological polar surface area (TPSA) is 58.2 Å². The standard InChI is InChI=1S/C25H18Cl4N2O2/c1-15-2-9-22(30-24(32)10-5-16-3-7-18(26)13-20(16)28)23(12-15)31-25(33)11-6-17-4-8-19(27)14-21(17)29/h2-14H,1H3,(H,30,32)(H,31,33)/b10-5+,11-6+. The number of hydrogen-bond acceptors (Lipinski definition) is 2. The van der Waals surface area contributed by atoms with Crippen LogP contribution in [0.3, 0.4) is 0 Å². The van der Waals surface area contributed by atoms with E-state index in [-0.39, 0.29) is 11.8 Å². The van der Waals surface area contributed by atoms with Crippen molar-refractivity contribution in [3.8, 4) is 0 Å². The van der Waals surface area contributed by atoms with E-state index in [1.54, 1.807) is 60.7 Å². The van der Waals surface area contributed by atoms with Gasteiger partial charge in [0.25, 0.3) is 0 Å². The Bertz CT molecular complexity index is 1270. The Kier molecular flexibility index (Phi) is 8.59. The first kappa shape index (κ1) is 24.9. The van der Waals surface area contributed by atoms with Gasteiger partial charge in [0.1, 0.15) is 0 Å². The van der Waals surface area contributed by atoms with E-state index >= 15 is 0 Å². The minimum Gasteiger partial charge on any atom is -0.321 e. The summed E-state index contributed by atoms with van der Waals surface area (Å²) in [6, 6.07) is 15.3. The van der Waals surface area contributed by atoms with Gasteiger partial charge in [-0.25, -0.2) is 0 Å². The molecule has 0 aliphatic heterocycles. The normalized spacial score (nSPS) is 11.2. The maximum atomic E-state index is 12.5. The second-order valence-corrected chi connectivity index (χ2v) is 8.71. The van der Waals surface area contributed by atoms with Gasteiger partial charge in [0.2, 0.25) is 11.8 Å². The number of amides is 2. The Hall–Kier alpha value is -2.76. The lowest BCUT2D eigenvalue weighted by Crippen LogP contribution is -2.14. The first-order chi connectivity index (χ1) is 15.7. The van der Waals surface area contributed by atoms with Crippen LogP contribution in [-0.4, -0.2) is 11.8 Å². The summed E-state index contributed by atoms with van der Waals surface area (Å²) in [6.45, 7) is 1.88. The third-order valence-corrected chi connectivity index (χ3v) is 5.57. The highest BCUT2D eigenvalue weighted by Gasteiger charge is 2.09. The molecule has 0 saturated carbocycles. The summed E-state index contributed by atoms with van der Waals surface area (Å²) >= 11 is 24.0. The highest BCUT2D eigenvalue weighted by Crippen LogP contribution is 2.25. The number of aryl methyl sites for hydroxylation is 1. The number of rotatable bonds is 6. The van der Waals surface area contributed by atoms with Crippen LogP contribution in [0.15, 0.2) is 66.7 Å². The molecule has 0 aliphatic rings. The second-order valence-electron chi connectivity index (χ2n) is 7.03. The van der Waals surface area contributed by atoms with E-state index in [0.29, 0.717) is 42.6 Å². The molecular weight excluding hydrogens is 502 g/mol. The molecule has 3 aromatic carbocycles. The van der Waals surface area contributed by atoms with E-state index in [1.165, 1.54) is 12.2 Å². The van der Waals surface area contributed by atoms with Gasteiger partial charge in [-0.3, -0.25) is 9.59 Å². The van der Waals surface area contributed by atoms with E-state index < -0.39 is 0 Å². The quantitative estimate of drug-likeness (QED) is 0.325. The average Bonchev–Trinajstić information content (AvgIpc) is 2.74. The average molecular weight is 520 g/mol. The Morgan fingerprint density at radius 3 is 1.64 bits per heavy atom. The molecule has 0 bridgehead atoms. The highest BCUT2D eigenvalue weighted by molar-refractivity contribution is 6.36. The van der Waals surface area contributed by atoms with Crippen molar-refractivity contribution < 1.29 is 9.59 Å². The van der Waals surface area contributed by atoms with Gasteiger partial charge in [-0.05, 0) is 72.2 Å². The van der Waals surface area contributed by atoms with Gasteiger partial charge in [-0.15, -0.1) is 0 Å². The molecule has 0 spiro atoms. The second kappa shape index (κ2) is 11.4. The van der Waals surface area contributed by atoms with E-state index in [0.717, 1.165) is 5.56 Å². The Balaban J connectivity index is 1.71. The molecule has 168 valence electrons. The van der Waals surface area contributed by atoms with E-state index in [2.05, 4.69) is 10.6 Å².